The van der Waals surface area contributed by atoms with Crippen LogP contribution in [0.3, 0.4) is 0 Å². The van der Waals surface area contributed by atoms with Gasteiger partial charge in [0.05, 0.1) is 21.1 Å². The maximum atomic E-state index is 11.5. The van der Waals surface area contributed by atoms with Gasteiger partial charge < -0.3 is 41.7 Å². The van der Waals surface area contributed by atoms with Crippen LogP contribution >= 0.6 is 0 Å². The molecule has 6 heteroatoms. The van der Waals surface area contributed by atoms with E-state index in [1.165, 1.54) is 0 Å². The van der Waals surface area contributed by atoms with Gasteiger partial charge in [-0.3, -0.25) is 0 Å². The van der Waals surface area contributed by atoms with Gasteiger partial charge in [0, 0.05) is 0 Å². The van der Waals surface area contributed by atoms with E-state index in [9.17, 15) is 4.39 Å². The van der Waals surface area contributed by atoms with Crippen molar-refractivity contribution in [2.75, 3.05) is 27.9 Å². The van der Waals surface area contributed by atoms with Crippen molar-refractivity contribution >= 4 is 0 Å². The molecule has 0 atom stereocenters. The molecule has 0 spiro atoms. The van der Waals surface area contributed by atoms with Crippen LogP contribution in [0.5, 0.6) is 0 Å². The quantitative estimate of drug-likeness (QED) is 0.256. The molecule has 0 N–H and O–H groups in total. The summed E-state index contributed by atoms with van der Waals surface area (Å²) in [5.41, 5.74) is 0. The summed E-state index contributed by atoms with van der Waals surface area (Å²) in [7, 11) is 5.42. The predicted molar refractivity (Wildman–Crippen MR) is 24.0 cm³/mol. The summed E-state index contributed by atoms with van der Waals surface area (Å²) in [4.78, 5) is 0. The van der Waals surface area contributed by atoms with E-state index in [0.717, 1.165) is 0 Å². The van der Waals surface area contributed by atoms with E-state index in [-0.39, 0.29) is 71.3 Å². The number of halogens is 4. The first-order chi connectivity index (χ1) is 2.56. The van der Waals surface area contributed by atoms with E-state index in [4.69, 9.17) is 0 Å². The van der Waals surface area contributed by atoms with E-state index in [2.05, 4.69) is 0 Å². The minimum Gasteiger partial charge on any atom is -1.00 e. The molecule has 0 aliphatic rings. The minimum atomic E-state index is -0.292. The molecule has 0 aromatic carbocycles. The standard InChI is InChI=1S/C4H11FN.Cd.3ClH/c1-6(2,3)4-5;;;;/h4H2,1-3H3;;3*1H/q+1;+2;;;/p-3. The Balaban J connectivity index is -0.0000000208. The molecule has 0 unspecified atom stereocenters. The van der Waals surface area contributed by atoms with E-state index in [1.54, 1.807) is 21.1 Å². The van der Waals surface area contributed by atoms with Gasteiger partial charge in [0.2, 0.25) is 6.80 Å². The third-order valence-corrected chi connectivity index (χ3v) is 0.359. The second-order valence-corrected chi connectivity index (χ2v) is 2.41. The van der Waals surface area contributed by atoms with Gasteiger partial charge in [-0.05, 0) is 0 Å². The van der Waals surface area contributed by atoms with Crippen LogP contribution in [0.25, 0.3) is 0 Å². The summed E-state index contributed by atoms with van der Waals surface area (Å²) >= 11 is 0. The van der Waals surface area contributed by atoms with E-state index >= 15 is 0 Å². The third-order valence-electron chi connectivity index (χ3n) is 0.359. The van der Waals surface area contributed by atoms with Crippen LogP contribution in [-0.2, 0) is 27.3 Å². The Morgan fingerprint density at radius 2 is 1.10 bits per heavy atom. The van der Waals surface area contributed by atoms with Crippen molar-refractivity contribution in [1.82, 2.24) is 0 Å². The molecule has 0 rings (SSSR count). The van der Waals surface area contributed by atoms with Gasteiger partial charge in [0.1, 0.15) is 0 Å². The first-order valence-corrected chi connectivity index (χ1v) is 1.93. The van der Waals surface area contributed by atoms with Gasteiger partial charge in [0.15, 0.2) is 0 Å². The van der Waals surface area contributed by atoms with E-state index < -0.39 is 0 Å². The van der Waals surface area contributed by atoms with Crippen molar-refractivity contribution in [3.63, 3.8) is 0 Å². The van der Waals surface area contributed by atoms with Gasteiger partial charge in [-0.1, -0.05) is 0 Å². The third kappa shape index (κ3) is 33.3. The SMILES string of the molecule is C[N+](C)(C)CF.[Cd+2].[Cl-].[Cl-].[Cl-]. The van der Waals surface area contributed by atoms with Crippen molar-refractivity contribution in [2.45, 2.75) is 0 Å². The Bertz CT molecular complexity index is 50.3. The zero-order chi connectivity index (χ0) is 5.21. The summed E-state index contributed by atoms with van der Waals surface area (Å²) in [6.07, 6.45) is 0. The monoisotopic (exact) mass is 311 g/mol. The Kier molecular flexibility index (Phi) is 39.7. The molecule has 0 aromatic rings. The molecule has 0 heterocycles. The second-order valence-electron chi connectivity index (χ2n) is 2.41. The van der Waals surface area contributed by atoms with Crippen molar-refractivity contribution in [1.29, 1.82) is 0 Å². The molecule has 0 aliphatic carbocycles. The fraction of sp³-hybridized carbons (Fsp3) is 1.00. The van der Waals surface area contributed by atoms with Gasteiger partial charge in [0.25, 0.3) is 0 Å². The molecule has 1 nitrogen and oxygen atoms in total. The first-order valence-electron chi connectivity index (χ1n) is 1.93. The van der Waals surface area contributed by atoms with Crippen LogP contribution in [0.4, 0.5) is 4.39 Å². The van der Waals surface area contributed by atoms with E-state index in [0.29, 0.717) is 4.48 Å². The van der Waals surface area contributed by atoms with Crippen LogP contribution in [0, 0.1) is 0 Å². The maximum absolute atomic E-state index is 11.5. The summed E-state index contributed by atoms with van der Waals surface area (Å²) in [5.74, 6) is 0. The number of nitrogens with zero attached hydrogens (tertiary/aromatic N) is 1. The number of rotatable bonds is 1. The van der Waals surface area contributed by atoms with Crippen molar-refractivity contribution in [2.24, 2.45) is 0 Å². The topological polar surface area (TPSA) is 0 Å². The fourth-order valence-corrected chi connectivity index (χ4v) is 0. The van der Waals surface area contributed by atoms with Gasteiger partial charge >= 0.3 is 27.3 Å². The average Bonchev–Trinajstić information content (AvgIpc) is 1.35. The largest absolute Gasteiger partial charge is 2.00 e. The summed E-state index contributed by atoms with van der Waals surface area (Å²) in [6, 6.07) is 0. The zero-order valence-corrected chi connectivity index (χ0v) is 12.7. The van der Waals surface area contributed by atoms with E-state index in [1.807, 2.05) is 0 Å². The van der Waals surface area contributed by atoms with Crippen LogP contribution in [0.2, 0.25) is 0 Å². The zero-order valence-electron chi connectivity index (χ0n) is 6.37. The minimum absolute atomic E-state index is 0. The smallest absolute Gasteiger partial charge is 1.00 e. The molecular weight excluding hydrogens is 300 g/mol. The molecule has 0 amide bonds. The molecule has 0 fully saturated rings. The number of hydrogen-bond donors (Lipinski definition) is 0. The molecule has 0 aromatic heterocycles. The number of hydrogen-bond acceptors (Lipinski definition) is 0. The summed E-state index contributed by atoms with van der Waals surface area (Å²) in [6.45, 7) is -0.292. The normalized spacial score (nSPS) is 7.20. The molecule has 10 heavy (non-hydrogen) atoms. The summed E-state index contributed by atoms with van der Waals surface area (Å²) in [5, 5.41) is 0. The Labute approximate surface area is 101 Å². The second kappa shape index (κ2) is 13.3. The fourth-order valence-electron chi connectivity index (χ4n) is 0. The number of alkyl halides is 1. The van der Waals surface area contributed by atoms with Crippen LogP contribution < -0.4 is 37.2 Å². The van der Waals surface area contributed by atoms with Gasteiger partial charge in [-0.2, -0.15) is 4.39 Å². The molecule has 0 radical (unpaired) electrons. The van der Waals surface area contributed by atoms with Gasteiger partial charge in [-0.25, -0.2) is 0 Å². The molecule has 0 bridgehead atoms. The van der Waals surface area contributed by atoms with Crippen molar-refractivity contribution in [3.8, 4) is 0 Å². The maximum Gasteiger partial charge on any atom is 2.00 e. The Morgan fingerprint density at radius 3 is 1.10 bits per heavy atom. The van der Waals surface area contributed by atoms with Crippen molar-refractivity contribution in [3.05, 3.63) is 0 Å². The molecule has 0 saturated heterocycles. The predicted octanol–water partition coefficient (Wildman–Crippen LogP) is -8.37. The van der Waals surface area contributed by atoms with Gasteiger partial charge in [-0.15, -0.1) is 0 Å². The van der Waals surface area contributed by atoms with Crippen LogP contribution in [0.1, 0.15) is 0 Å². The molecule has 62 valence electrons. The van der Waals surface area contributed by atoms with Crippen LogP contribution in [-0.4, -0.2) is 32.4 Å². The van der Waals surface area contributed by atoms with Crippen molar-refractivity contribution < 1.29 is 73.4 Å². The molecule has 0 saturated carbocycles. The summed E-state index contributed by atoms with van der Waals surface area (Å²) < 4.78 is 11.9. The Hall–Kier alpha value is 1.68. The van der Waals surface area contributed by atoms with Crippen LogP contribution in [0.15, 0.2) is 0 Å². The number of quaternary nitrogens is 1. The molecule has 0 aliphatic heterocycles. The molecular formula is C4H11CdCl3FN. The first kappa shape index (κ1) is 29.9. The average molecular weight is 311 g/mol. The Morgan fingerprint density at radius 1 is 1.00 bits per heavy atom.